The second kappa shape index (κ2) is 17.3. The molecule has 2 nitrogen and oxygen atoms in total. The van der Waals surface area contributed by atoms with Crippen LogP contribution in [0.2, 0.25) is 0 Å². The quantitative estimate of drug-likeness (QED) is 0.171. The third kappa shape index (κ3) is 13.6. The summed E-state index contributed by atoms with van der Waals surface area (Å²) in [6.07, 6.45) is 15.6. The van der Waals surface area contributed by atoms with Crippen LogP contribution >= 0.6 is 15.9 Å². The minimum atomic E-state index is 0.0472. The van der Waals surface area contributed by atoms with E-state index >= 15 is 0 Å². The first kappa shape index (κ1) is 21.9. The molecule has 0 radical (unpaired) electrons. The molecule has 0 saturated carbocycles. The lowest BCUT2D eigenvalue weighted by molar-refractivity contribution is -0.149. The van der Waals surface area contributed by atoms with E-state index in [4.69, 9.17) is 4.74 Å². The van der Waals surface area contributed by atoms with Gasteiger partial charge in [-0.3, -0.25) is 4.79 Å². The van der Waals surface area contributed by atoms with Gasteiger partial charge in [0.25, 0.3) is 0 Å². The Labute approximate surface area is 146 Å². The molecule has 0 bridgehead atoms. The van der Waals surface area contributed by atoms with Crippen molar-refractivity contribution >= 4 is 21.9 Å². The van der Waals surface area contributed by atoms with E-state index in [0.29, 0.717) is 6.61 Å². The van der Waals surface area contributed by atoms with Crippen LogP contribution < -0.4 is 0 Å². The Morgan fingerprint density at radius 3 is 1.86 bits per heavy atom. The minimum absolute atomic E-state index is 0.0472. The number of rotatable bonds is 16. The summed E-state index contributed by atoms with van der Waals surface area (Å²) in [5.41, 5.74) is 0. The molecular formula is C19H37BrO2. The number of carbonyl (C=O) groups is 1. The van der Waals surface area contributed by atoms with E-state index in [1.165, 1.54) is 64.2 Å². The number of halogens is 1. The fraction of sp³-hybridized carbons (Fsp3) is 0.947. The van der Waals surface area contributed by atoms with Gasteiger partial charge in [0, 0.05) is 5.33 Å². The van der Waals surface area contributed by atoms with Gasteiger partial charge in [0.1, 0.15) is 0 Å². The highest BCUT2D eigenvalue weighted by Gasteiger charge is 2.19. The normalized spacial score (nSPS) is 12.3. The lowest BCUT2D eigenvalue weighted by Crippen LogP contribution is -2.19. The summed E-state index contributed by atoms with van der Waals surface area (Å²) in [4.78, 5) is 12.2. The lowest BCUT2D eigenvalue weighted by Gasteiger charge is -2.16. The fourth-order valence-corrected chi connectivity index (χ4v) is 2.94. The summed E-state index contributed by atoms with van der Waals surface area (Å²) < 4.78 is 5.43. The third-order valence-corrected chi connectivity index (χ3v) is 4.73. The van der Waals surface area contributed by atoms with Gasteiger partial charge in [-0.25, -0.2) is 0 Å². The van der Waals surface area contributed by atoms with Crippen LogP contribution in [0.1, 0.15) is 97.3 Å². The molecule has 0 N–H and O–H groups in total. The van der Waals surface area contributed by atoms with Crippen LogP contribution in [0.25, 0.3) is 0 Å². The molecule has 0 aliphatic heterocycles. The summed E-state index contributed by atoms with van der Waals surface area (Å²) >= 11 is 3.38. The van der Waals surface area contributed by atoms with Gasteiger partial charge in [-0.15, -0.1) is 0 Å². The number of ether oxygens (including phenoxy) is 1. The Bertz CT molecular complexity index is 244. The van der Waals surface area contributed by atoms with E-state index < -0.39 is 0 Å². The van der Waals surface area contributed by atoms with Crippen LogP contribution in [0.4, 0.5) is 0 Å². The Morgan fingerprint density at radius 1 is 0.818 bits per heavy atom. The molecule has 0 aromatic carbocycles. The summed E-state index contributed by atoms with van der Waals surface area (Å²) in [5.74, 6) is 0.185. The molecule has 0 aliphatic carbocycles. The van der Waals surface area contributed by atoms with Crippen molar-refractivity contribution in [2.45, 2.75) is 97.3 Å². The largest absolute Gasteiger partial charge is 0.465 e. The topological polar surface area (TPSA) is 26.3 Å². The van der Waals surface area contributed by atoms with Gasteiger partial charge in [-0.05, 0) is 19.3 Å². The smallest absolute Gasteiger partial charge is 0.308 e. The van der Waals surface area contributed by atoms with E-state index in [-0.39, 0.29) is 11.9 Å². The zero-order valence-corrected chi connectivity index (χ0v) is 16.5. The van der Waals surface area contributed by atoms with Crippen molar-refractivity contribution in [1.82, 2.24) is 0 Å². The third-order valence-electron chi connectivity index (χ3n) is 4.17. The molecule has 1 atom stereocenters. The minimum Gasteiger partial charge on any atom is -0.465 e. The van der Waals surface area contributed by atoms with Gasteiger partial charge in [0.15, 0.2) is 0 Å². The van der Waals surface area contributed by atoms with E-state index in [1.807, 2.05) is 0 Å². The maximum atomic E-state index is 12.2. The van der Waals surface area contributed by atoms with E-state index in [1.54, 1.807) is 0 Å². The van der Waals surface area contributed by atoms with Crippen molar-refractivity contribution in [1.29, 1.82) is 0 Å². The predicted molar refractivity (Wildman–Crippen MR) is 99.6 cm³/mol. The fourth-order valence-electron chi connectivity index (χ4n) is 2.71. The molecule has 0 amide bonds. The highest BCUT2D eigenvalue weighted by Crippen LogP contribution is 2.20. The molecule has 132 valence electrons. The Hall–Kier alpha value is -0.0500. The molecule has 0 saturated heterocycles. The van der Waals surface area contributed by atoms with Gasteiger partial charge in [0.05, 0.1) is 12.5 Å². The number of hydrogen-bond acceptors (Lipinski definition) is 2. The number of esters is 1. The van der Waals surface area contributed by atoms with Crippen molar-refractivity contribution in [3.05, 3.63) is 0 Å². The second-order valence-electron chi connectivity index (χ2n) is 6.31. The molecule has 0 aliphatic rings. The average molecular weight is 377 g/mol. The molecule has 1 unspecified atom stereocenters. The molecule has 0 heterocycles. The van der Waals surface area contributed by atoms with Crippen molar-refractivity contribution < 1.29 is 9.53 Å². The van der Waals surface area contributed by atoms with Crippen molar-refractivity contribution in [3.63, 3.8) is 0 Å². The van der Waals surface area contributed by atoms with Crippen LogP contribution in [0.15, 0.2) is 0 Å². The highest BCUT2D eigenvalue weighted by molar-refractivity contribution is 9.09. The van der Waals surface area contributed by atoms with Crippen molar-refractivity contribution in [3.8, 4) is 0 Å². The molecule has 0 spiro atoms. The van der Waals surface area contributed by atoms with Gasteiger partial charge >= 0.3 is 5.97 Å². The average Bonchev–Trinajstić information content (AvgIpc) is 2.52. The van der Waals surface area contributed by atoms with Gasteiger partial charge < -0.3 is 4.74 Å². The van der Waals surface area contributed by atoms with Crippen molar-refractivity contribution in [2.75, 3.05) is 11.9 Å². The maximum Gasteiger partial charge on any atom is 0.308 e. The Kier molecular flexibility index (Phi) is 17.3. The summed E-state index contributed by atoms with van der Waals surface area (Å²) in [5, 5.41) is 0.902. The summed E-state index contributed by atoms with van der Waals surface area (Å²) in [6.45, 7) is 5.03. The summed E-state index contributed by atoms with van der Waals surface area (Å²) in [6, 6.07) is 0. The number of alkyl halides is 1. The zero-order valence-electron chi connectivity index (χ0n) is 14.9. The second-order valence-corrected chi connectivity index (χ2v) is 7.11. The molecule has 0 aromatic heterocycles. The summed E-state index contributed by atoms with van der Waals surface area (Å²) in [7, 11) is 0. The molecule has 22 heavy (non-hydrogen) atoms. The first-order valence-electron chi connectivity index (χ1n) is 9.48. The SMILES string of the molecule is CCCCCCCCC(CCCCCC)C(=O)OCCCBr. The van der Waals surface area contributed by atoms with Gasteiger partial charge in [0.2, 0.25) is 0 Å². The van der Waals surface area contributed by atoms with Gasteiger partial charge in [-0.2, -0.15) is 0 Å². The van der Waals surface area contributed by atoms with E-state index in [0.717, 1.165) is 24.6 Å². The highest BCUT2D eigenvalue weighted by atomic mass is 79.9. The van der Waals surface area contributed by atoms with Crippen LogP contribution in [-0.2, 0) is 9.53 Å². The number of unbranched alkanes of at least 4 members (excludes halogenated alkanes) is 8. The molecule has 0 aromatic rings. The monoisotopic (exact) mass is 376 g/mol. The van der Waals surface area contributed by atoms with E-state index in [2.05, 4.69) is 29.8 Å². The number of carbonyl (C=O) groups excluding carboxylic acids is 1. The molecular weight excluding hydrogens is 340 g/mol. The predicted octanol–water partition coefficient (Wildman–Crippen LogP) is 6.65. The van der Waals surface area contributed by atoms with Crippen LogP contribution in [0.5, 0.6) is 0 Å². The molecule has 3 heteroatoms. The molecule has 0 fully saturated rings. The standard InChI is InChI=1S/C19H37BrO2/c1-3-5-7-9-10-12-15-18(14-11-8-6-4-2)19(21)22-17-13-16-20/h18H,3-17H2,1-2H3. The number of hydrogen-bond donors (Lipinski definition) is 0. The first-order valence-corrected chi connectivity index (χ1v) is 10.6. The van der Waals surface area contributed by atoms with Crippen LogP contribution in [-0.4, -0.2) is 17.9 Å². The Morgan fingerprint density at radius 2 is 1.32 bits per heavy atom. The lowest BCUT2D eigenvalue weighted by atomic mass is 9.94. The first-order chi connectivity index (χ1) is 10.8. The van der Waals surface area contributed by atoms with Crippen molar-refractivity contribution in [2.24, 2.45) is 5.92 Å². The maximum absolute atomic E-state index is 12.2. The Balaban J connectivity index is 3.95. The zero-order chi connectivity index (χ0) is 16.5. The van der Waals surface area contributed by atoms with Gasteiger partial charge in [-0.1, -0.05) is 94.0 Å². The molecule has 0 rings (SSSR count). The van der Waals surface area contributed by atoms with Crippen LogP contribution in [0, 0.1) is 5.92 Å². The van der Waals surface area contributed by atoms with Crippen LogP contribution in [0.3, 0.4) is 0 Å². The van der Waals surface area contributed by atoms with E-state index in [9.17, 15) is 4.79 Å².